The number of nitrogens with one attached hydrogen (secondary N) is 1. The third-order valence-corrected chi connectivity index (χ3v) is 3.01. The summed E-state index contributed by atoms with van der Waals surface area (Å²) in [6, 6.07) is 0. The average Bonchev–Trinajstić information content (AvgIpc) is 2.23. The number of carbonyl (C=O) groups is 1. The zero-order valence-corrected chi connectivity index (χ0v) is 10.6. The normalized spacial score (nSPS) is 14.7. The molecule has 0 fully saturated rings. The number of methoxy groups -OCH3 is 1. The van der Waals surface area contributed by atoms with Crippen LogP contribution in [-0.4, -0.2) is 44.2 Å². The highest BCUT2D eigenvalue weighted by Crippen LogP contribution is 2.03. The van der Waals surface area contributed by atoms with Crippen molar-refractivity contribution in [2.24, 2.45) is 11.7 Å². The molecule has 0 aliphatic carbocycles. The molecule has 0 aliphatic rings. The summed E-state index contributed by atoms with van der Waals surface area (Å²) in [6.07, 6.45) is 2.24. The molecule has 0 aromatic carbocycles. The van der Waals surface area contributed by atoms with Crippen LogP contribution in [0.5, 0.6) is 0 Å². The largest absolute Gasteiger partial charge is 0.380 e. The highest BCUT2D eigenvalue weighted by molar-refractivity contribution is 7.98. The van der Waals surface area contributed by atoms with Gasteiger partial charge in [-0.15, -0.1) is 0 Å². The Labute approximate surface area is 96.3 Å². The fourth-order valence-electron chi connectivity index (χ4n) is 1.17. The Morgan fingerprint density at radius 1 is 1.60 bits per heavy atom. The number of amides is 1. The molecule has 0 rings (SSSR count). The first-order valence-corrected chi connectivity index (χ1v) is 6.51. The Hall–Kier alpha value is -0.260. The molecule has 0 heterocycles. The number of hydrogen-bond acceptors (Lipinski definition) is 4. The van der Waals surface area contributed by atoms with Gasteiger partial charge in [0.2, 0.25) is 5.91 Å². The molecule has 1 amide bonds. The topological polar surface area (TPSA) is 64.3 Å². The highest BCUT2D eigenvalue weighted by atomic mass is 32.2. The average molecular weight is 234 g/mol. The third kappa shape index (κ3) is 7.64. The maximum absolute atomic E-state index is 11.4. The molecule has 90 valence electrons. The Morgan fingerprint density at radius 2 is 2.27 bits per heavy atom. The van der Waals surface area contributed by atoms with Crippen LogP contribution < -0.4 is 11.1 Å². The van der Waals surface area contributed by atoms with Crippen molar-refractivity contribution in [1.29, 1.82) is 0 Å². The van der Waals surface area contributed by atoms with Crippen molar-refractivity contribution in [2.45, 2.75) is 19.4 Å². The van der Waals surface area contributed by atoms with Gasteiger partial charge in [-0.05, 0) is 17.9 Å². The number of carbonyl (C=O) groups excluding carboxylic acids is 1. The van der Waals surface area contributed by atoms with Crippen LogP contribution in [0.2, 0.25) is 0 Å². The number of rotatable bonds is 8. The second kappa shape index (κ2) is 9.00. The van der Waals surface area contributed by atoms with Gasteiger partial charge in [-0.2, -0.15) is 11.8 Å². The zero-order valence-electron chi connectivity index (χ0n) is 9.79. The maximum Gasteiger partial charge on any atom is 0.222 e. The van der Waals surface area contributed by atoms with Crippen LogP contribution in [-0.2, 0) is 9.53 Å². The summed E-state index contributed by atoms with van der Waals surface area (Å²) in [7, 11) is 1.57. The zero-order chi connectivity index (χ0) is 11.7. The van der Waals surface area contributed by atoms with E-state index in [4.69, 9.17) is 10.5 Å². The molecule has 0 saturated carbocycles. The molecule has 0 aromatic heterocycles. The van der Waals surface area contributed by atoms with Gasteiger partial charge >= 0.3 is 0 Å². The molecule has 3 N–H and O–H groups in total. The van der Waals surface area contributed by atoms with Gasteiger partial charge < -0.3 is 15.8 Å². The lowest BCUT2D eigenvalue weighted by Gasteiger charge is -2.14. The first-order chi connectivity index (χ1) is 7.13. The van der Waals surface area contributed by atoms with Gasteiger partial charge in [-0.3, -0.25) is 4.79 Å². The minimum Gasteiger partial charge on any atom is -0.380 e. The molecule has 2 atom stereocenters. The molecule has 0 aliphatic heterocycles. The maximum atomic E-state index is 11.4. The Morgan fingerprint density at radius 3 is 2.73 bits per heavy atom. The molecule has 0 saturated heterocycles. The highest BCUT2D eigenvalue weighted by Gasteiger charge is 2.11. The first kappa shape index (κ1) is 14.7. The van der Waals surface area contributed by atoms with Gasteiger partial charge in [-0.25, -0.2) is 0 Å². The summed E-state index contributed by atoms with van der Waals surface area (Å²) in [5, 5.41) is 2.88. The summed E-state index contributed by atoms with van der Waals surface area (Å²) in [6.45, 7) is 3.22. The van der Waals surface area contributed by atoms with E-state index in [2.05, 4.69) is 18.5 Å². The summed E-state index contributed by atoms with van der Waals surface area (Å²) in [5.41, 5.74) is 5.43. The van der Waals surface area contributed by atoms with Gasteiger partial charge in [-0.1, -0.05) is 6.92 Å². The van der Waals surface area contributed by atoms with Crippen molar-refractivity contribution in [1.82, 2.24) is 5.32 Å². The van der Waals surface area contributed by atoms with Crippen LogP contribution in [0, 0.1) is 5.92 Å². The van der Waals surface area contributed by atoms with Gasteiger partial charge in [0.1, 0.15) is 0 Å². The summed E-state index contributed by atoms with van der Waals surface area (Å²) in [4.78, 5) is 11.4. The molecule has 0 radical (unpaired) electrons. The van der Waals surface area contributed by atoms with Crippen LogP contribution in [0.4, 0.5) is 0 Å². The lowest BCUT2D eigenvalue weighted by Crippen LogP contribution is -2.34. The van der Waals surface area contributed by atoms with Gasteiger partial charge in [0, 0.05) is 20.2 Å². The molecular formula is C10H22N2O2S. The number of nitrogens with two attached hydrogens (primary N) is 1. The molecule has 2 unspecified atom stereocenters. The van der Waals surface area contributed by atoms with Crippen molar-refractivity contribution in [3.05, 3.63) is 0 Å². The molecule has 15 heavy (non-hydrogen) atoms. The van der Waals surface area contributed by atoms with Crippen LogP contribution in [0.3, 0.4) is 0 Å². The fourth-order valence-corrected chi connectivity index (χ4v) is 1.86. The molecule has 4 nitrogen and oxygen atoms in total. The summed E-state index contributed by atoms with van der Waals surface area (Å²) >= 11 is 1.79. The van der Waals surface area contributed by atoms with E-state index in [1.54, 1.807) is 18.9 Å². The third-order valence-electron chi connectivity index (χ3n) is 2.11. The van der Waals surface area contributed by atoms with E-state index in [0.29, 0.717) is 18.9 Å². The summed E-state index contributed by atoms with van der Waals surface area (Å²) in [5.74, 6) is 1.58. The van der Waals surface area contributed by atoms with E-state index in [9.17, 15) is 4.79 Å². The van der Waals surface area contributed by atoms with Crippen molar-refractivity contribution >= 4 is 17.7 Å². The lowest BCUT2D eigenvalue weighted by molar-refractivity contribution is -0.123. The predicted molar refractivity (Wildman–Crippen MR) is 65.0 cm³/mol. The number of ether oxygens (including phenoxy) is 1. The smallest absolute Gasteiger partial charge is 0.222 e. The SMILES string of the molecule is COC(CN)CC(=O)NCC(C)CSC. The van der Waals surface area contributed by atoms with Crippen molar-refractivity contribution in [3.63, 3.8) is 0 Å². The molecule has 0 spiro atoms. The van der Waals surface area contributed by atoms with E-state index < -0.39 is 0 Å². The van der Waals surface area contributed by atoms with Crippen molar-refractivity contribution in [2.75, 3.05) is 32.2 Å². The lowest BCUT2D eigenvalue weighted by atomic mass is 10.2. The summed E-state index contributed by atoms with van der Waals surface area (Å²) < 4.78 is 5.03. The Balaban J connectivity index is 3.64. The fraction of sp³-hybridized carbons (Fsp3) is 0.900. The van der Waals surface area contributed by atoms with Gasteiger partial charge in [0.05, 0.1) is 12.5 Å². The quantitative estimate of drug-likeness (QED) is 0.640. The van der Waals surface area contributed by atoms with Crippen LogP contribution in [0.1, 0.15) is 13.3 Å². The van der Waals surface area contributed by atoms with Crippen LogP contribution in [0.25, 0.3) is 0 Å². The number of hydrogen-bond donors (Lipinski definition) is 2. The molecule has 5 heteroatoms. The monoisotopic (exact) mass is 234 g/mol. The molecular weight excluding hydrogens is 212 g/mol. The Bertz CT molecular complexity index is 175. The van der Waals surface area contributed by atoms with Gasteiger partial charge in [0.15, 0.2) is 0 Å². The second-order valence-electron chi connectivity index (χ2n) is 3.66. The standard InChI is InChI=1S/C10H22N2O2S/c1-8(7-15-3)6-12-10(13)4-9(5-11)14-2/h8-9H,4-7,11H2,1-3H3,(H,12,13). The predicted octanol–water partition coefficient (Wildman–Crippen LogP) is 0.466. The van der Waals surface area contributed by atoms with E-state index in [-0.39, 0.29) is 12.0 Å². The van der Waals surface area contributed by atoms with E-state index in [1.165, 1.54) is 0 Å². The molecule has 0 bridgehead atoms. The van der Waals surface area contributed by atoms with Crippen LogP contribution in [0.15, 0.2) is 0 Å². The van der Waals surface area contributed by atoms with E-state index >= 15 is 0 Å². The van der Waals surface area contributed by atoms with E-state index in [0.717, 1.165) is 12.3 Å². The van der Waals surface area contributed by atoms with Gasteiger partial charge in [0.25, 0.3) is 0 Å². The Kier molecular flexibility index (Phi) is 8.85. The molecule has 0 aromatic rings. The van der Waals surface area contributed by atoms with Crippen molar-refractivity contribution in [3.8, 4) is 0 Å². The van der Waals surface area contributed by atoms with E-state index in [1.807, 2.05) is 0 Å². The minimum atomic E-state index is -0.166. The number of thioether (sulfide) groups is 1. The van der Waals surface area contributed by atoms with Crippen LogP contribution >= 0.6 is 11.8 Å². The minimum absolute atomic E-state index is 0.0141. The first-order valence-electron chi connectivity index (χ1n) is 5.12. The van der Waals surface area contributed by atoms with Crippen molar-refractivity contribution < 1.29 is 9.53 Å². The second-order valence-corrected chi connectivity index (χ2v) is 4.57.